The van der Waals surface area contributed by atoms with Crippen molar-refractivity contribution in [2.45, 2.75) is 49.7 Å². The van der Waals surface area contributed by atoms with Crippen LogP contribution in [-0.4, -0.2) is 71.7 Å². The second kappa shape index (κ2) is 5.04. The van der Waals surface area contributed by atoms with Gasteiger partial charge in [0.15, 0.2) is 0 Å². The minimum Gasteiger partial charge on any atom is -0.480 e. The summed E-state index contributed by atoms with van der Waals surface area (Å²) in [5.41, 5.74) is -0.682. The molecular weight excluding hydrogens is 242 g/mol. The Morgan fingerprint density at radius 2 is 1.68 bits per heavy atom. The molecule has 5 heteroatoms. The van der Waals surface area contributed by atoms with E-state index in [4.69, 9.17) is 0 Å². The minimum absolute atomic E-state index is 0.449. The number of nitrogens with one attached hydrogen (secondary N) is 1. The Morgan fingerprint density at radius 1 is 1.11 bits per heavy atom. The van der Waals surface area contributed by atoms with E-state index in [0.717, 1.165) is 38.4 Å². The number of carbonyl (C=O) groups is 1. The van der Waals surface area contributed by atoms with Crippen molar-refractivity contribution in [3.63, 3.8) is 0 Å². The Kier molecular flexibility index (Phi) is 3.53. The largest absolute Gasteiger partial charge is 0.480 e. The molecule has 2 saturated carbocycles. The number of hydrogen-bond donors (Lipinski definition) is 2. The van der Waals surface area contributed by atoms with Crippen molar-refractivity contribution in [3.8, 4) is 0 Å². The standard InChI is InChI=1S/C14H25N3O2/c1-15-14(13(18)19)5-4-12(10-14)17-8-6-16(7-9-17)11-2-3-11/h11-12,15H,2-10H2,1H3,(H,18,19). The van der Waals surface area contributed by atoms with Crippen LogP contribution in [0.4, 0.5) is 0 Å². The van der Waals surface area contributed by atoms with Crippen molar-refractivity contribution in [3.05, 3.63) is 0 Å². The van der Waals surface area contributed by atoms with Crippen molar-refractivity contribution >= 4 is 5.97 Å². The predicted octanol–water partition coefficient (Wildman–Crippen LogP) is 0.362. The molecule has 3 rings (SSSR count). The van der Waals surface area contributed by atoms with Crippen LogP contribution < -0.4 is 5.32 Å². The third-order valence-corrected chi connectivity index (χ3v) is 5.30. The maximum Gasteiger partial charge on any atom is 0.323 e. The lowest BCUT2D eigenvalue weighted by atomic mass is 9.97. The maximum absolute atomic E-state index is 11.4. The van der Waals surface area contributed by atoms with Crippen molar-refractivity contribution in [1.29, 1.82) is 0 Å². The van der Waals surface area contributed by atoms with Gasteiger partial charge in [0.25, 0.3) is 0 Å². The Morgan fingerprint density at radius 3 is 2.11 bits per heavy atom. The van der Waals surface area contributed by atoms with E-state index in [1.165, 1.54) is 25.9 Å². The van der Waals surface area contributed by atoms with E-state index in [0.29, 0.717) is 6.04 Å². The van der Waals surface area contributed by atoms with Gasteiger partial charge in [-0.25, -0.2) is 0 Å². The fourth-order valence-corrected chi connectivity index (χ4v) is 3.77. The molecule has 19 heavy (non-hydrogen) atoms. The average molecular weight is 267 g/mol. The summed E-state index contributed by atoms with van der Waals surface area (Å²) < 4.78 is 0. The molecule has 0 aromatic carbocycles. The van der Waals surface area contributed by atoms with Crippen LogP contribution in [0.3, 0.4) is 0 Å². The van der Waals surface area contributed by atoms with Gasteiger partial charge in [0.2, 0.25) is 0 Å². The summed E-state index contributed by atoms with van der Waals surface area (Å²) in [5, 5.41) is 12.5. The summed E-state index contributed by atoms with van der Waals surface area (Å²) in [6.07, 6.45) is 5.28. The second-order valence-corrected chi connectivity index (χ2v) is 6.34. The first-order chi connectivity index (χ1) is 9.14. The fourth-order valence-electron chi connectivity index (χ4n) is 3.77. The van der Waals surface area contributed by atoms with Crippen LogP contribution >= 0.6 is 0 Å². The molecule has 0 radical (unpaired) electrons. The molecule has 5 nitrogen and oxygen atoms in total. The van der Waals surface area contributed by atoms with Gasteiger partial charge in [-0.05, 0) is 39.2 Å². The molecule has 0 aromatic heterocycles. The zero-order valence-electron chi connectivity index (χ0n) is 11.8. The van der Waals surface area contributed by atoms with Crippen LogP contribution in [0.1, 0.15) is 32.1 Å². The fraction of sp³-hybridized carbons (Fsp3) is 0.929. The van der Waals surface area contributed by atoms with Gasteiger partial charge in [0.1, 0.15) is 5.54 Å². The van der Waals surface area contributed by atoms with Crippen LogP contribution in [0.25, 0.3) is 0 Å². The number of nitrogens with zero attached hydrogens (tertiary/aromatic N) is 2. The Bertz CT molecular complexity index is 351. The summed E-state index contributed by atoms with van der Waals surface area (Å²) >= 11 is 0. The molecule has 1 aliphatic heterocycles. The Hall–Kier alpha value is -0.650. The molecule has 2 atom stereocenters. The molecule has 3 fully saturated rings. The summed E-state index contributed by atoms with van der Waals surface area (Å²) in [5.74, 6) is -0.686. The van der Waals surface area contributed by atoms with E-state index in [1.54, 1.807) is 7.05 Å². The lowest BCUT2D eigenvalue weighted by Gasteiger charge is -2.38. The number of aliphatic carboxylic acids is 1. The van der Waals surface area contributed by atoms with Gasteiger partial charge in [-0.1, -0.05) is 0 Å². The van der Waals surface area contributed by atoms with E-state index < -0.39 is 11.5 Å². The smallest absolute Gasteiger partial charge is 0.323 e. The number of hydrogen-bond acceptors (Lipinski definition) is 4. The molecule has 0 spiro atoms. The topological polar surface area (TPSA) is 55.8 Å². The molecule has 2 unspecified atom stereocenters. The highest BCUT2D eigenvalue weighted by molar-refractivity contribution is 5.79. The zero-order chi connectivity index (χ0) is 13.5. The van der Waals surface area contributed by atoms with Crippen LogP contribution in [0, 0.1) is 0 Å². The number of rotatable bonds is 4. The van der Waals surface area contributed by atoms with E-state index in [1.807, 2.05) is 0 Å². The summed E-state index contributed by atoms with van der Waals surface area (Å²) in [6.45, 7) is 4.56. The number of piperazine rings is 1. The first-order valence-corrected chi connectivity index (χ1v) is 7.55. The third-order valence-electron chi connectivity index (χ3n) is 5.30. The molecule has 1 saturated heterocycles. The number of carboxylic acids is 1. The van der Waals surface area contributed by atoms with Gasteiger partial charge in [-0.15, -0.1) is 0 Å². The van der Waals surface area contributed by atoms with Crippen LogP contribution in [0.5, 0.6) is 0 Å². The lowest BCUT2D eigenvalue weighted by Crippen LogP contribution is -2.53. The van der Waals surface area contributed by atoms with E-state index >= 15 is 0 Å². The van der Waals surface area contributed by atoms with Gasteiger partial charge in [0.05, 0.1) is 0 Å². The summed E-state index contributed by atoms with van der Waals surface area (Å²) in [4.78, 5) is 16.6. The monoisotopic (exact) mass is 267 g/mol. The molecule has 0 amide bonds. The van der Waals surface area contributed by atoms with Crippen LogP contribution in [0.15, 0.2) is 0 Å². The Balaban J connectivity index is 1.55. The van der Waals surface area contributed by atoms with Crippen LogP contribution in [-0.2, 0) is 4.79 Å². The molecular formula is C14H25N3O2. The highest BCUT2D eigenvalue weighted by Crippen LogP contribution is 2.34. The van der Waals surface area contributed by atoms with E-state index in [2.05, 4.69) is 15.1 Å². The maximum atomic E-state index is 11.4. The average Bonchev–Trinajstić information content (AvgIpc) is 3.18. The highest BCUT2D eigenvalue weighted by atomic mass is 16.4. The summed E-state index contributed by atoms with van der Waals surface area (Å²) in [6, 6.07) is 1.31. The molecule has 1 heterocycles. The van der Waals surface area contributed by atoms with Crippen molar-refractivity contribution in [1.82, 2.24) is 15.1 Å². The first kappa shape index (κ1) is 13.3. The predicted molar refractivity (Wildman–Crippen MR) is 73.2 cm³/mol. The quantitative estimate of drug-likeness (QED) is 0.770. The Labute approximate surface area is 114 Å². The van der Waals surface area contributed by atoms with Crippen LogP contribution in [0.2, 0.25) is 0 Å². The van der Waals surface area contributed by atoms with Crippen molar-refractivity contribution < 1.29 is 9.90 Å². The molecule has 0 bridgehead atoms. The third kappa shape index (κ3) is 2.51. The van der Waals surface area contributed by atoms with Gasteiger partial charge in [-0.3, -0.25) is 14.6 Å². The molecule has 108 valence electrons. The van der Waals surface area contributed by atoms with Gasteiger partial charge >= 0.3 is 5.97 Å². The number of carboxylic acid groups (broad SMARTS) is 1. The lowest BCUT2D eigenvalue weighted by molar-refractivity contribution is -0.144. The zero-order valence-corrected chi connectivity index (χ0v) is 11.8. The van der Waals surface area contributed by atoms with E-state index in [9.17, 15) is 9.90 Å². The summed E-state index contributed by atoms with van der Waals surface area (Å²) in [7, 11) is 1.78. The number of likely N-dealkylation sites (N-methyl/N-ethyl adjacent to an activating group) is 1. The normalized spacial score (nSPS) is 37.6. The minimum atomic E-state index is -0.686. The van der Waals surface area contributed by atoms with E-state index in [-0.39, 0.29) is 0 Å². The highest BCUT2D eigenvalue weighted by Gasteiger charge is 2.46. The molecule has 3 aliphatic rings. The molecule has 2 N–H and O–H groups in total. The molecule has 2 aliphatic carbocycles. The second-order valence-electron chi connectivity index (χ2n) is 6.34. The van der Waals surface area contributed by atoms with Crippen molar-refractivity contribution in [2.75, 3.05) is 33.2 Å². The van der Waals surface area contributed by atoms with Gasteiger partial charge < -0.3 is 10.4 Å². The SMILES string of the molecule is CNC1(C(=O)O)CCC(N2CCN(C3CC3)CC2)C1. The van der Waals surface area contributed by atoms with Gasteiger partial charge in [-0.2, -0.15) is 0 Å². The first-order valence-electron chi connectivity index (χ1n) is 7.55. The van der Waals surface area contributed by atoms with Crippen molar-refractivity contribution in [2.24, 2.45) is 0 Å². The van der Waals surface area contributed by atoms with Gasteiger partial charge in [0, 0.05) is 38.3 Å². The molecule has 0 aromatic rings.